The fourth-order valence-corrected chi connectivity index (χ4v) is 3.93. The van der Waals surface area contributed by atoms with E-state index in [0.717, 1.165) is 15.6 Å². The topological polar surface area (TPSA) is 34.1 Å². The lowest BCUT2D eigenvalue weighted by Crippen LogP contribution is -2.02. The molecule has 0 unspecified atom stereocenters. The summed E-state index contributed by atoms with van der Waals surface area (Å²) in [5.41, 5.74) is 1.78. The van der Waals surface area contributed by atoms with Gasteiger partial charge in [0.2, 0.25) is 0 Å². The zero-order valence-corrected chi connectivity index (χ0v) is 11.8. The van der Waals surface area contributed by atoms with E-state index in [1.54, 1.807) is 12.1 Å². The number of benzene rings is 1. The van der Waals surface area contributed by atoms with Crippen molar-refractivity contribution in [2.45, 2.75) is 17.1 Å². The molecule has 0 saturated heterocycles. The van der Waals surface area contributed by atoms with Gasteiger partial charge < -0.3 is 0 Å². The number of alkyl halides is 1. The summed E-state index contributed by atoms with van der Waals surface area (Å²) in [6.45, 7) is 1.82. The second kappa shape index (κ2) is 4.33. The third-order valence-corrected chi connectivity index (χ3v) is 4.57. The van der Waals surface area contributed by atoms with Gasteiger partial charge in [-0.25, -0.2) is 8.42 Å². The first-order valence-electron chi connectivity index (χ1n) is 3.92. The first-order valence-corrected chi connectivity index (χ1v) is 7.72. The van der Waals surface area contributed by atoms with Gasteiger partial charge in [-0.1, -0.05) is 31.9 Å². The van der Waals surface area contributed by atoms with Crippen LogP contribution >= 0.6 is 31.9 Å². The lowest BCUT2D eigenvalue weighted by atomic mass is 10.1. The van der Waals surface area contributed by atoms with E-state index in [1.165, 1.54) is 6.26 Å². The van der Waals surface area contributed by atoms with Crippen LogP contribution in [0.5, 0.6) is 0 Å². The minimum atomic E-state index is -3.12. The Morgan fingerprint density at radius 2 is 1.93 bits per heavy atom. The van der Waals surface area contributed by atoms with Crippen LogP contribution in [-0.4, -0.2) is 14.7 Å². The van der Waals surface area contributed by atoms with Gasteiger partial charge in [-0.2, -0.15) is 0 Å². The van der Waals surface area contributed by atoms with Crippen molar-refractivity contribution in [2.75, 3.05) is 6.26 Å². The van der Waals surface area contributed by atoms with Gasteiger partial charge in [0.15, 0.2) is 9.84 Å². The van der Waals surface area contributed by atoms with Crippen molar-refractivity contribution in [3.63, 3.8) is 0 Å². The summed E-state index contributed by atoms with van der Waals surface area (Å²) in [5, 5.41) is 0.642. The predicted octanol–water partition coefficient (Wildman–Crippen LogP) is 3.06. The Morgan fingerprint density at radius 3 is 2.36 bits per heavy atom. The second-order valence-corrected chi connectivity index (χ2v) is 6.45. The predicted molar refractivity (Wildman–Crippen MR) is 64.6 cm³/mol. The Bertz CT molecular complexity index is 452. The second-order valence-electron chi connectivity index (χ2n) is 3.05. The maximum Gasteiger partial charge on any atom is 0.175 e. The van der Waals surface area contributed by atoms with Crippen LogP contribution in [0, 0.1) is 6.92 Å². The van der Waals surface area contributed by atoms with Gasteiger partial charge in [0.05, 0.1) is 4.90 Å². The lowest BCUT2D eigenvalue weighted by molar-refractivity contribution is 0.601. The van der Waals surface area contributed by atoms with Gasteiger partial charge in [0.1, 0.15) is 0 Å². The van der Waals surface area contributed by atoms with Crippen LogP contribution in [0.25, 0.3) is 0 Å². The molecule has 0 aliphatic rings. The van der Waals surface area contributed by atoms with Gasteiger partial charge in [-0.15, -0.1) is 0 Å². The van der Waals surface area contributed by atoms with Crippen LogP contribution < -0.4 is 0 Å². The van der Waals surface area contributed by atoms with Crippen molar-refractivity contribution in [3.05, 3.63) is 27.7 Å². The van der Waals surface area contributed by atoms with Gasteiger partial charge in [-0.05, 0) is 30.2 Å². The van der Waals surface area contributed by atoms with Gasteiger partial charge >= 0.3 is 0 Å². The van der Waals surface area contributed by atoms with Crippen LogP contribution in [0.15, 0.2) is 21.5 Å². The van der Waals surface area contributed by atoms with Gasteiger partial charge in [-0.3, -0.25) is 0 Å². The summed E-state index contributed by atoms with van der Waals surface area (Å²) in [7, 11) is -3.12. The largest absolute Gasteiger partial charge is 0.224 e. The molecule has 2 nitrogen and oxygen atoms in total. The minimum absolute atomic E-state index is 0.398. The van der Waals surface area contributed by atoms with Crippen molar-refractivity contribution in [3.8, 4) is 0 Å². The van der Waals surface area contributed by atoms with E-state index in [2.05, 4.69) is 31.9 Å². The fourth-order valence-electron chi connectivity index (χ4n) is 1.27. The van der Waals surface area contributed by atoms with Crippen LogP contribution in [0.3, 0.4) is 0 Å². The van der Waals surface area contributed by atoms with Crippen LogP contribution in [0.4, 0.5) is 0 Å². The molecule has 0 N–H and O–H groups in total. The van der Waals surface area contributed by atoms with E-state index >= 15 is 0 Å². The number of hydrogen-bond donors (Lipinski definition) is 0. The van der Waals surface area contributed by atoms with Gasteiger partial charge in [0, 0.05) is 16.1 Å². The van der Waals surface area contributed by atoms with Crippen molar-refractivity contribution >= 4 is 41.7 Å². The molecule has 1 aromatic carbocycles. The molecule has 1 aromatic rings. The molecule has 0 amide bonds. The molecule has 0 bridgehead atoms. The minimum Gasteiger partial charge on any atom is -0.224 e. The Kier molecular flexibility index (Phi) is 3.77. The maximum absolute atomic E-state index is 11.4. The number of rotatable bonds is 2. The number of sulfone groups is 1. The summed E-state index contributed by atoms with van der Waals surface area (Å²) < 4.78 is 23.7. The maximum atomic E-state index is 11.4. The molecule has 0 aromatic heterocycles. The summed E-state index contributed by atoms with van der Waals surface area (Å²) in [5.74, 6) is 0. The van der Waals surface area contributed by atoms with Crippen molar-refractivity contribution < 1.29 is 8.42 Å². The molecule has 0 spiro atoms. The molecule has 78 valence electrons. The molecule has 0 radical (unpaired) electrons. The molecule has 0 aliphatic carbocycles. The summed E-state index contributed by atoms with van der Waals surface area (Å²) >= 11 is 6.72. The smallest absolute Gasteiger partial charge is 0.175 e. The molecule has 0 aliphatic heterocycles. The highest BCUT2D eigenvalue weighted by Crippen LogP contribution is 2.27. The molecule has 0 heterocycles. The average Bonchev–Trinajstić information content (AvgIpc) is 2.02. The first-order chi connectivity index (χ1) is 6.38. The highest BCUT2D eigenvalue weighted by atomic mass is 79.9. The zero-order valence-electron chi connectivity index (χ0n) is 7.84. The van der Waals surface area contributed by atoms with Crippen molar-refractivity contribution in [1.82, 2.24) is 0 Å². The van der Waals surface area contributed by atoms with Crippen LogP contribution in [0.1, 0.15) is 11.1 Å². The number of hydrogen-bond acceptors (Lipinski definition) is 2. The Morgan fingerprint density at radius 1 is 1.36 bits per heavy atom. The lowest BCUT2D eigenvalue weighted by Gasteiger charge is -2.09. The molecule has 0 atom stereocenters. The highest BCUT2D eigenvalue weighted by Gasteiger charge is 2.14. The van der Waals surface area contributed by atoms with E-state index < -0.39 is 9.84 Å². The van der Waals surface area contributed by atoms with Gasteiger partial charge in [0.25, 0.3) is 0 Å². The molecule has 5 heteroatoms. The van der Waals surface area contributed by atoms with Crippen LogP contribution in [-0.2, 0) is 15.2 Å². The molecular weight excluding hydrogens is 332 g/mol. The molecular formula is C9H10Br2O2S. The quantitative estimate of drug-likeness (QED) is 0.775. The van der Waals surface area contributed by atoms with Crippen molar-refractivity contribution in [1.29, 1.82) is 0 Å². The molecule has 0 saturated carbocycles. The summed E-state index contributed by atoms with van der Waals surface area (Å²) in [6.07, 6.45) is 1.22. The van der Waals surface area contributed by atoms with E-state index in [1.807, 2.05) is 6.92 Å². The SMILES string of the molecule is Cc1c(S(C)(=O)=O)ccc(Br)c1CBr. The summed E-state index contributed by atoms with van der Waals surface area (Å²) in [6, 6.07) is 3.39. The van der Waals surface area contributed by atoms with Crippen molar-refractivity contribution in [2.24, 2.45) is 0 Å². The third-order valence-electron chi connectivity index (χ3n) is 2.02. The third kappa shape index (κ3) is 2.38. The molecule has 14 heavy (non-hydrogen) atoms. The van der Waals surface area contributed by atoms with E-state index in [9.17, 15) is 8.42 Å². The van der Waals surface area contributed by atoms with E-state index in [0.29, 0.717) is 10.2 Å². The number of halogens is 2. The molecule has 1 rings (SSSR count). The monoisotopic (exact) mass is 340 g/mol. The fraction of sp³-hybridized carbons (Fsp3) is 0.333. The van der Waals surface area contributed by atoms with E-state index in [-0.39, 0.29) is 0 Å². The highest BCUT2D eigenvalue weighted by molar-refractivity contribution is 9.10. The molecule has 0 fully saturated rings. The standard InChI is InChI=1S/C9H10Br2O2S/c1-6-7(5-10)8(11)3-4-9(6)14(2,12)13/h3-4H,5H2,1-2H3. The Balaban J connectivity index is 3.52. The summed E-state index contributed by atoms with van der Waals surface area (Å²) in [4.78, 5) is 0.398. The Labute approximate surface area is 101 Å². The Hall–Kier alpha value is 0.130. The average molecular weight is 342 g/mol. The zero-order chi connectivity index (χ0) is 10.9. The van der Waals surface area contributed by atoms with Crippen LogP contribution in [0.2, 0.25) is 0 Å². The normalized spacial score (nSPS) is 11.7. The van der Waals surface area contributed by atoms with E-state index in [4.69, 9.17) is 0 Å². The first kappa shape index (κ1) is 12.2.